The van der Waals surface area contributed by atoms with E-state index in [4.69, 9.17) is 6.57 Å². The molecule has 0 spiro atoms. The molecule has 0 saturated heterocycles. The molecule has 0 unspecified atom stereocenters. The minimum Gasteiger partial charge on any atom is -0.320 e. The molecule has 9 rings (SSSR count). The summed E-state index contributed by atoms with van der Waals surface area (Å²) in [6.07, 6.45) is 0. The first-order valence-corrected chi connectivity index (χ1v) is 16.1. The van der Waals surface area contributed by atoms with Crippen molar-refractivity contribution in [3.63, 3.8) is 0 Å². The van der Waals surface area contributed by atoms with Crippen LogP contribution in [0.5, 0.6) is 0 Å². The number of nitriles is 1. The average Bonchev–Trinajstić information content (AvgIpc) is 3.70. The van der Waals surface area contributed by atoms with Gasteiger partial charge in [0, 0.05) is 32.9 Å². The van der Waals surface area contributed by atoms with Crippen molar-refractivity contribution >= 4 is 77.9 Å². The third kappa shape index (κ3) is 4.24. The molecule has 0 saturated carbocycles. The molecule has 0 radical (unpaired) electrons. The normalized spacial score (nSPS) is 11.2. The molecule has 0 aliphatic rings. The van der Waals surface area contributed by atoms with Crippen LogP contribution in [0.2, 0.25) is 0 Å². The highest BCUT2D eigenvalue weighted by Crippen LogP contribution is 2.50. The van der Waals surface area contributed by atoms with Crippen molar-refractivity contribution in [1.82, 2.24) is 4.40 Å². The Morgan fingerprint density at radius 1 is 0.490 bits per heavy atom. The van der Waals surface area contributed by atoms with Crippen molar-refractivity contribution in [3.05, 3.63) is 181 Å². The molecule has 0 bridgehead atoms. The zero-order valence-corrected chi connectivity index (χ0v) is 26.3. The van der Waals surface area contributed by atoms with Gasteiger partial charge in [0.2, 0.25) is 5.69 Å². The fourth-order valence-corrected chi connectivity index (χ4v) is 7.39. The fourth-order valence-electron chi connectivity index (χ4n) is 7.39. The number of para-hydroxylation sites is 6. The van der Waals surface area contributed by atoms with Gasteiger partial charge in [0.1, 0.15) is 6.07 Å². The highest BCUT2D eigenvalue weighted by Gasteiger charge is 2.26. The molecule has 0 N–H and O–H groups in total. The number of hydrogen-bond acceptors (Lipinski definition) is 3. The van der Waals surface area contributed by atoms with Gasteiger partial charge in [-0.15, -0.1) is 0 Å². The van der Waals surface area contributed by atoms with Gasteiger partial charge in [0.25, 0.3) is 0 Å². The third-order valence-corrected chi connectivity index (χ3v) is 9.34. The summed E-state index contributed by atoms with van der Waals surface area (Å²) in [5.74, 6) is 0. The third-order valence-electron chi connectivity index (χ3n) is 9.34. The molecule has 0 aliphatic carbocycles. The van der Waals surface area contributed by atoms with Crippen LogP contribution in [0.15, 0.2) is 164 Å². The number of benzene rings is 7. The maximum atomic E-state index is 10.2. The van der Waals surface area contributed by atoms with E-state index in [-0.39, 0.29) is 0 Å². The molecule has 0 aliphatic heterocycles. The van der Waals surface area contributed by atoms with E-state index in [0.717, 1.165) is 72.2 Å². The number of nitrogens with zero attached hydrogens (tertiary/aromatic N) is 5. The highest BCUT2D eigenvalue weighted by molar-refractivity contribution is 6.28. The van der Waals surface area contributed by atoms with Crippen molar-refractivity contribution in [3.8, 4) is 6.07 Å². The van der Waals surface area contributed by atoms with Gasteiger partial charge >= 0.3 is 0 Å². The molecule has 2 heterocycles. The number of rotatable bonds is 6. The molecule has 7 aromatic carbocycles. The Balaban J connectivity index is 1.38. The standard InChI is InChI=1S/C44H27N5/c1-46-35-22-9-11-24-37(35)48(32-18-6-3-7-19-32)39-26-14-28-41-43(39)34-21-12-20-33-42-38(25-13-27-40(42)49(41)44(33)34)47(31-16-4-2-5-17-31)36-23-10-8-15-30(36)29-45/h2-28H. The molecule has 5 nitrogen and oxygen atoms in total. The summed E-state index contributed by atoms with van der Waals surface area (Å²) in [7, 11) is 0. The van der Waals surface area contributed by atoms with Gasteiger partial charge in [-0.2, -0.15) is 5.26 Å². The monoisotopic (exact) mass is 625 g/mol. The van der Waals surface area contributed by atoms with Crippen molar-refractivity contribution in [1.29, 1.82) is 5.26 Å². The largest absolute Gasteiger partial charge is 0.320 e. The van der Waals surface area contributed by atoms with Crippen LogP contribution in [0, 0.1) is 17.9 Å². The van der Waals surface area contributed by atoms with Crippen LogP contribution in [-0.2, 0) is 0 Å². The Labute approximate surface area is 283 Å². The number of fused-ring (bicyclic) bond motifs is 6. The first-order valence-electron chi connectivity index (χ1n) is 16.1. The van der Waals surface area contributed by atoms with Crippen molar-refractivity contribution < 1.29 is 0 Å². The molecular weight excluding hydrogens is 599 g/mol. The molecular formula is C44H27N5. The minimum absolute atomic E-state index is 0.591. The maximum absolute atomic E-state index is 10.2. The molecule has 5 heteroatoms. The van der Waals surface area contributed by atoms with Gasteiger partial charge in [0.05, 0.1) is 51.4 Å². The van der Waals surface area contributed by atoms with Crippen LogP contribution < -0.4 is 9.80 Å². The van der Waals surface area contributed by atoms with Gasteiger partial charge in [-0.1, -0.05) is 97.1 Å². The van der Waals surface area contributed by atoms with Crippen LogP contribution in [0.1, 0.15) is 5.56 Å². The molecule has 228 valence electrons. The summed E-state index contributed by atoms with van der Waals surface area (Å²) in [6.45, 7) is 8.00. The van der Waals surface area contributed by atoms with Crippen LogP contribution in [0.3, 0.4) is 0 Å². The smallest absolute Gasteiger partial charge is 0.210 e. The second-order valence-corrected chi connectivity index (χ2v) is 12.0. The number of hydrogen-bond donors (Lipinski definition) is 0. The van der Waals surface area contributed by atoms with Gasteiger partial charge in [-0.05, 0) is 66.7 Å². The SMILES string of the molecule is [C-]#[N+]c1ccccc1N(c1ccccc1)c1cccc2c1c1cccc3c4c(N(c5ccccc5)c5ccccc5C#N)cccc4n2c31. The van der Waals surface area contributed by atoms with E-state index in [2.05, 4.69) is 104 Å². The summed E-state index contributed by atoms with van der Waals surface area (Å²) in [5, 5.41) is 14.7. The van der Waals surface area contributed by atoms with E-state index < -0.39 is 0 Å². The maximum Gasteiger partial charge on any atom is 0.210 e. The van der Waals surface area contributed by atoms with E-state index in [0.29, 0.717) is 11.3 Å². The van der Waals surface area contributed by atoms with Gasteiger partial charge < -0.3 is 14.2 Å². The Kier molecular flexibility index (Phi) is 6.50. The van der Waals surface area contributed by atoms with E-state index in [1.54, 1.807) is 0 Å². The summed E-state index contributed by atoms with van der Waals surface area (Å²) < 4.78 is 2.38. The van der Waals surface area contributed by atoms with Crippen LogP contribution >= 0.6 is 0 Å². The lowest BCUT2D eigenvalue weighted by Gasteiger charge is -2.28. The lowest BCUT2D eigenvalue weighted by Crippen LogP contribution is -2.11. The molecule has 0 fully saturated rings. The summed E-state index contributed by atoms with van der Waals surface area (Å²) in [5.41, 5.74) is 10.1. The van der Waals surface area contributed by atoms with E-state index in [1.165, 1.54) is 0 Å². The molecule has 9 aromatic rings. The Bertz CT molecular complexity index is 2570. The zero-order valence-electron chi connectivity index (χ0n) is 26.3. The first kappa shape index (κ1) is 28.2. The minimum atomic E-state index is 0.591. The zero-order chi connectivity index (χ0) is 32.9. The predicted molar refractivity (Wildman–Crippen MR) is 201 cm³/mol. The quantitative estimate of drug-likeness (QED) is 0.173. The Morgan fingerprint density at radius 3 is 1.53 bits per heavy atom. The lowest BCUT2D eigenvalue weighted by atomic mass is 10.0. The van der Waals surface area contributed by atoms with Crippen molar-refractivity contribution in [2.45, 2.75) is 0 Å². The number of aromatic nitrogens is 1. The van der Waals surface area contributed by atoms with Crippen LogP contribution in [0.25, 0.3) is 42.9 Å². The van der Waals surface area contributed by atoms with Crippen molar-refractivity contribution in [2.75, 3.05) is 9.80 Å². The van der Waals surface area contributed by atoms with Crippen LogP contribution in [-0.4, -0.2) is 4.40 Å². The van der Waals surface area contributed by atoms with Gasteiger partial charge in [-0.3, -0.25) is 0 Å². The summed E-state index contributed by atoms with van der Waals surface area (Å²) >= 11 is 0. The lowest BCUT2D eigenvalue weighted by molar-refractivity contribution is 1.28. The first-order chi connectivity index (χ1) is 24.3. The van der Waals surface area contributed by atoms with E-state index in [9.17, 15) is 5.26 Å². The predicted octanol–water partition coefficient (Wildman–Crippen LogP) is 12.2. The van der Waals surface area contributed by atoms with Crippen molar-refractivity contribution in [2.24, 2.45) is 0 Å². The second-order valence-electron chi connectivity index (χ2n) is 12.0. The van der Waals surface area contributed by atoms with Gasteiger partial charge in [-0.25, -0.2) is 4.85 Å². The van der Waals surface area contributed by atoms with E-state index in [1.807, 2.05) is 84.9 Å². The Hall–Kier alpha value is -7.08. The average molecular weight is 626 g/mol. The molecule has 0 atom stereocenters. The number of anilines is 6. The molecule has 0 amide bonds. The molecule has 2 aromatic heterocycles. The van der Waals surface area contributed by atoms with E-state index >= 15 is 0 Å². The summed E-state index contributed by atoms with van der Waals surface area (Å²) in [6, 6.07) is 58.0. The van der Waals surface area contributed by atoms with Gasteiger partial charge in [0.15, 0.2) is 0 Å². The van der Waals surface area contributed by atoms with Crippen LogP contribution in [0.4, 0.5) is 39.8 Å². The molecule has 49 heavy (non-hydrogen) atoms. The highest BCUT2D eigenvalue weighted by atomic mass is 15.2. The summed E-state index contributed by atoms with van der Waals surface area (Å²) in [4.78, 5) is 8.32. The second kappa shape index (κ2) is 11.3. The topological polar surface area (TPSA) is 39.0 Å². The fraction of sp³-hybridized carbons (Fsp3) is 0. The Morgan fingerprint density at radius 2 is 0.959 bits per heavy atom.